The third kappa shape index (κ3) is 5.01. The van der Waals surface area contributed by atoms with Crippen molar-refractivity contribution >= 4 is 33.4 Å². The molecule has 1 atom stereocenters. The molecule has 1 saturated heterocycles. The van der Waals surface area contributed by atoms with Crippen LogP contribution in [0.2, 0.25) is 0 Å². The largest absolute Gasteiger partial charge is 0.356 e. The fourth-order valence-electron chi connectivity index (χ4n) is 4.09. The van der Waals surface area contributed by atoms with E-state index in [0.717, 1.165) is 31.4 Å². The molecule has 0 saturated carbocycles. The molecule has 3 heterocycles. The lowest BCUT2D eigenvalue weighted by molar-refractivity contribution is -0.125. The molecule has 1 aromatic carbocycles. The number of benzene rings is 1. The third-order valence-electron chi connectivity index (χ3n) is 5.90. The van der Waals surface area contributed by atoms with Gasteiger partial charge in [0, 0.05) is 19.6 Å². The number of nitrogens with one attached hydrogen (secondary N) is 1. The van der Waals surface area contributed by atoms with Crippen LogP contribution in [0.1, 0.15) is 38.7 Å². The predicted octanol–water partition coefficient (Wildman–Crippen LogP) is 4.02. The van der Waals surface area contributed by atoms with Crippen molar-refractivity contribution in [3.05, 3.63) is 57.4 Å². The first kappa shape index (κ1) is 22.5. The molecule has 2 aromatic heterocycles. The van der Waals surface area contributed by atoms with Crippen LogP contribution in [-0.2, 0) is 11.3 Å². The van der Waals surface area contributed by atoms with Crippen LogP contribution < -0.4 is 15.8 Å². The van der Waals surface area contributed by atoms with E-state index in [1.807, 2.05) is 11.4 Å². The van der Waals surface area contributed by atoms with Gasteiger partial charge in [-0.2, -0.15) is 0 Å². The maximum atomic E-state index is 13.4. The normalized spacial score (nSPS) is 16.6. The van der Waals surface area contributed by atoms with Crippen molar-refractivity contribution in [1.29, 1.82) is 0 Å². The molecular weight excluding hydrogens is 427 g/mol. The Morgan fingerprint density at radius 3 is 2.81 bits per heavy atom. The van der Waals surface area contributed by atoms with E-state index in [0.29, 0.717) is 41.7 Å². The quantitative estimate of drug-likeness (QED) is 0.583. The summed E-state index contributed by atoms with van der Waals surface area (Å²) in [7, 11) is 0. The highest BCUT2D eigenvalue weighted by molar-refractivity contribution is 7.17. The van der Waals surface area contributed by atoms with Crippen molar-refractivity contribution in [2.45, 2.75) is 39.7 Å². The number of hydrogen-bond acceptors (Lipinski definition) is 5. The van der Waals surface area contributed by atoms with Gasteiger partial charge in [0.05, 0.1) is 18.0 Å². The first-order valence-corrected chi connectivity index (χ1v) is 12.1. The number of halogens is 1. The van der Waals surface area contributed by atoms with Crippen molar-refractivity contribution < 1.29 is 9.18 Å². The molecular formula is C24H29FN4O2S. The molecule has 32 heavy (non-hydrogen) atoms. The van der Waals surface area contributed by atoms with Gasteiger partial charge in [-0.25, -0.2) is 9.37 Å². The molecule has 170 valence electrons. The van der Waals surface area contributed by atoms with Gasteiger partial charge in [-0.3, -0.25) is 14.2 Å². The lowest BCUT2D eigenvalue weighted by atomic mass is 9.97. The molecule has 3 aromatic rings. The topological polar surface area (TPSA) is 67.2 Å². The monoisotopic (exact) mass is 456 g/mol. The third-order valence-corrected chi connectivity index (χ3v) is 6.79. The highest BCUT2D eigenvalue weighted by Gasteiger charge is 2.28. The van der Waals surface area contributed by atoms with Crippen LogP contribution in [0.25, 0.3) is 10.2 Å². The minimum absolute atomic E-state index is 0.0689. The Kier molecular flexibility index (Phi) is 6.89. The highest BCUT2D eigenvalue weighted by Crippen LogP contribution is 2.25. The predicted molar refractivity (Wildman–Crippen MR) is 127 cm³/mol. The number of anilines is 1. The molecule has 4 rings (SSSR count). The second-order valence-corrected chi connectivity index (χ2v) is 9.74. The number of piperidine rings is 1. The molecule has 1 aliphatic heterocycles. The van der Waals surface area contributed by atoms with Crippen LogP contribution in [0.15, 0.2) is 40.5 Å². The van der Waals surface area contributed by atoms with Gasteiger partial charge < -0.3 is 10.2 Å². The second kappa shape index (κ2) is 9.81. The number of amides is 1. The minimum atomic E-state index is -0.310. The lowest BCUT2D eigenvalue weighted by Crippen LogP contribution is -2.45. The highest BCUT2D eigenvalue weighted by atomic mass is 32.1. The summed E-state index contributed by atoms with van der Waals surface area (Å²) in [5, 5.41) is 4.93. The molecule has 0 radical (unpaired) electrons. The Balaban J connectivity index is 1.61. The summed E-state index contributed by atoms with van der Waals surface area (Å²) < 4.78 is 15.6. The van der Waals surface area contributed by atoms with Crippen LogP contribution >= 0.6 is 11.3 Å². The van der Waals surface area contributed by atoms with Gasteiger partial charge >= 0.3 is 0 Å². The van der Waals surface area contributed by atoms with Gasteiger partial charge in [0.15, 0.2) is 0 Å². The standard InChI is InChI=1S/C24H29FN4O2S/c1-16(2)9-11-26-22(30)18-4-3-12-28(15-18)24-27-20-10-13-32-21(20)23(31)29(24)14-17-5-7-19(25)8-6-17/h5-8,10,13,16,18H,3-4,9,11-12,14-15H2,1-2H3,(H,26,30)/t18-/m0/s1. The molecule has 1 N–H and O–H groups in total. The van der Waals surface area contributed by atoms with Crippen molar-refractivity contribution in [3.8, 4) is 0 Å². The molecule has 0 unspecified atom stereocenters. The van der Waals surface area contributed by atoms with E-state index in [4.69, 9.17) is 4.98 Å². The van der Waals surface area contributed by atoms with Gasteiger partial charge in [-0.1, -0.05) is 26.0 Å². The van der Waals surface area contributed by atoms with E-state index in [2.05, 4.69) is 24.1 Å². The molecule has 0 aliphatic carbocycles. The summed E-state index contributed by atoms with van der Waals surface area (Å²) in [5.41, 5.74) is 1.40. The van der Waals surface area contributed by atoms with Gasteiger partial charge in [-0.05, 0) is 54.3 Å². The number of carbonyl (C=O) groups is 1. The second-order valence-electron chi connectivity index (χ2n) is 8.82. The first-order chi connectivity index (χ1) is 15.4. The number of thiophene rings is 1. The number of rotatable bonds is 7. The van der Waals surface area contributed by atoms with Crippen LogP contribution in [0, 0.1) is 17.7 Å². The first-order valence-electron chi connectivity index (χ1n) is 11.2. The van der Waals surface area contributed by atoms with E-state index in [1.165, 1.54) is 23.5 Å². The van der Waals surface area contributed by atoms with Crippen LogP contribution in [0.5, 0.6) is 0 Å². The Morgan fingerprint density at radius 1 is 1.28 bits per heavy atom. The van der Waals surface area contributed by atoms with Gasteiger partial charge in [0.1, 0.15) is 10.5 Å². The average molecular weight is 457 g/mol. The number of carbonyl (C=O) groups excluding carboxylic acids is 1. The van der Waals surface area contributed by atoms with E-state index >= 15 is 0 Å². The molecule has 1 aliphatic rings. The van der Waals surface area contributed by atoms with E-state index < -0.39 is 0 Å². The van der Waals surface area contributed by atoms with Gasteiger partial charge in [0.25, 0.3) is 5.56 Å². The smallest absolute Gasteiger partial charge is 0.273 e. The summed E-state index contributed by atoms with van der Waals surface area (Å²) in [6.07, 6.45) is 2.64. The molecule has 0 bridgehead atoms. The molecule has 1 amide bonds. The Morgan fingerprint density at radius 2 is 2.06 bits per heavy atom. The summed E-state index contributed by atoms with van der Waals surface area (Å²) >= 11 is 1.37. The van der Waals surface area contributed by atoms with Crippen molar-refractivity contribution in [1.82, 2.24) is 14.9 Å². The van der Waals surface area contributed by atoms with Crippen LogP contribution in [0.3, 0.4) is 0 Å². The van der Waals surface area contributed by atoms with Crippen molar-refractivity contribution in [3.63, 3.8) is 0 Å². The minimum Gasteiger partial charge on any atom is -0.356 e. The molecule has 1 fully saturated rings. The van der Waals surface area contributed by atoms with Gasteiger partial charge in [0.2, 0.25) is 11.9 Å². The maximum Gasteiger partial charge on any atom is 0.273 e. The summed E-state index contributed by atoms with van der Waals surface area (Å²) in [5.74, 6) is 0.741. The van der Waals surface area contributed by atoms with E-state index in [9.17, 15) is 14.0 Å². The fourth-order valence-corrected chi connectivity index (χ4v) is 4.87. The summed E-state index contributed by atoms with van der Waals surface area (Å²) in [6.45, 7) is 6.53. The molecule has 8 heteroatoms. The van der Waals surface area contributed by atoms with Crippen molar-refractivity contribution in [2.75, 3.05) is 24.5 Å². The number of hydrogen-bond donors (Lipinski definition) is 1. The average Bonchev–Trinajstić information content (AvgIpc) is 3.26. The van der Waals surface area contributed by atoms with E-state index in [-0.39, 0.29) is 23.2 Å². The van der Waals surface area contributed by atoms with Gasteiger partial charge in [-0.15, -0.1) is 11.3 Å². The van der Waals surface area contributed by atoms with Crippen molar-refractivity contribution in [2.24, 2.45) is 11.8 Å². The van der Waals surface area contributed by atoms with E-state index in [1.54, 1.807) is 16.7 Å². The van der Waals surface area contributed by atoms with Crippen LogP contribution in [-0.4, -0.2) is 35.1 Å². The number of fused-ring (bicyclic) bond motifs is 1. The maximum absolute atomic E-state index is 13.4. The Bertz CT molecular complexity index is 1140. The summed E-state index contributed by atoms with van der Waals surface area (Å²) in [6, 6.07) is 8.02. The SMILES string of the molecule is CC(C)CCNC(=O)[C@H]1CCCN(c2nc3ccsc3c(=O)n2Cc2ccc(F)cc2)C1. The lowest BCUT2D eigenvalue weighted by Gasteiger charge is -2.34. The number of nitrogens with zero attached hydrogens (tertiary/aromatic N) is 3. The zero-order valence-electron chi connectivity index (χ0n) is 18.5. The van der Waals surface area contributed by atoms with Crippen LogP contribution in [0.4, 0.5) is 10.3 Å². The number of aromatic nitrogens is 2. The Hall–Kier alpha value is -2.74. The Labute approximate surface area is 191 Å². The molecule has 6 nitrogen and oxygen atoms in total. The molecule has 0 spiro atoms. The zero-order chi connectivity index (χ0) is 22.7. The fraction of sp³-hybridized carbons (Fsp3) is 0.458. The summed E-state index contributed by atoms with van der Waals surface area (Å²) in [4.78, 5) is 32.9. The zero-order valence-corrected chi connectivity index (χ0v) is 19.3.